The monoisotopic (exact) mass is 510 g/mol. The molecule has 4 rings (SSSR count). The summed E-state index contributed by atoms with van der Waals surface area (Å²) in [6.45, 7) is 28.5. The maximum Gasteiger partial charge on any atom is 0 e. The number of rotatable bonds is 2. The van der Waals surface area contributed by atoms with E-state index in [2.05, 4.69) is 101 Å². The summed E-state index contributed by atoms with van der Waals surface area (Å²) in [5.74, 6) is 0.997. The van der Waals surface area contributed by atoms with Gasteiger partial charge in [-0.25, -0.2) is 0 Å². The van der Waals surface area contributed by atoms with Crippen LogP contribution in [0.25, 0.3) is 11.1 Å². The summed E-state index contributed by atoms with van der Waals surface area (Å²) in [6, 6.07) is 17.0. The van der Waals surface area contributed by atoms with Gasteiger partial charge in [0.15, 0.2) is 0 Å². The largest absolute Gasteiger partial charge is 0.748 e. The molecule has 0 fully saturated rings. The van der Waals surface area contributed by atoms with E-state index in [1.165, 1.54) is 44.6 Å². The Hall–Kier alpha value is -1.82. The maximum atomic E-state index is 2.43. The quantitative estimate of drug-likeness (QED) is 0.278. The zero-order chi connectivity index (χ0) is 25.6. The molecular formula is C34H46Fe-6. The van der Waals surface area contributed by atoms with E-state index in [0.29, 0.717) is 11.8 Å². The molecule has 35 heavy (non-hydrogen) atoms. The fraction of sp³-hybridized carbons (Fsp3) is 0.471. The first-order chi connectivity index (χ1) is 15.8. The standard InChI is InChI=1S/C29H41.C5H5.Fe/c1-16-18(3)26(22(7)28(9,10)20(16)5)24-14-13-15-25(24)27-19(4)17(2)21(6)29(11,12)23(27)8;1-2-4-5-3-1;/h13-15,22-23H,1-12H3;1-5H;/q-1;-5;. The third kappa shape index (κ3) is 4.92. The second-order valence-corrected chi connectivity index (χ2v) is 11.8. The van der Waals surface area contributed by atoms with Gasteiger partial charge in [-0.1, -0.05) is 93.0 Å². The van der Waals surface area contributed by atoms with E-state index in [0.717, 1.165) is 0 Å². The number of hydrogen-bond donors (Lipinski definition) is 0. The third-order valence-corrected chi connectivity index (χ3v) is 9.97. The van der Waals surface area contributed by atoms with Crippen molar-refractivity contribution in [3.05, 3.63) is 93.1 Å². The molecule has 2 unspecified atom stereocenters. The van der Waals surface area contributed by atoms with E-state index in [1.807, 2.05) is 30.3 Å². The van der Waals surface area contributed by atoms with Gasteiger partial charge in [0.2, 0.25) is 0 Å². The van der Waals surface area contributed by atoms with Crippen LogP contribution in [0.15, 0.2) is 82.0 Å². The molecule has 2 aromatic rings. The van der Waals surface area contributed by atoms with Crippen LogP contribution in [0.3, 0.4) is 0 Å². The van der Waals surface area contributed by atoms with Crippen LogP contribution in [0.2, 0.25) is 0 Å². The van der Waals surface area contributed by atoms with Crippen molar-refractivity contribution in [1.29, 1.82) is 0 Å². The molecule has 2 aliphatic rings. The molecule has 0 spiro atoms. The van der Waals surface area contributed by atoms with Crippen molar-refractivity contribution in [1.82, 2.24) is 0 Å². The topological polar surface area (TPSA) is 0 Å². The number of hydrogen-bond acceptors (Lipinski definition) is 0. The summed E-state index contributed by atoms with van der Waals surface area (Å²) in [5.41, 5.74) is 15.4. The molecule has 0 aliphatic heterocycles. The second kappa shape index (κ2) is 10.7. The van der Waals surface area contributed by atoms with Crippen LogP contribution < -0.4 is 0 Å². The Kier molecular flexibility index (Phi) is 8.96. The molecule has 0 aromatic heterocycles. The average Bonchev–Trinajstić information content (AvgIpc) is 3.51. The summed E-state index contributed by atoms with van der Waals surface area (Å²) in [5, 5.41) is 0. The summed E-state index contributed by atoms with van der Waals surface area (Å²) >= 11 is 0. The van der Waals surface area contributed by atoms with Crippen molar-refractivity contribution < 1.29 is 17.1 Å². The molecule has 0 saturated heterocycles. The van der Waals surface area contributed by atoms with Crippen molar-refractivity contribution >= 4 is 11.1 Å². The van der Waals surface area contributed by atoms with Crippen LogP contribution in [0, 0.1) is 22.7 Å². The van der Waals surface area contributed by atoms with Gasteiger partial charge in [0.25, 0.3) is 0 Å². The molecule has 1 heteroatoms. The Morgan fingerprint density at radius 3 is 1.57 bits per heavy atom. The average molecular weight is 511 g/mol. The van der Waals surface area contributed by atoms with Gasteiger partial charge in [-0.3, -0.25) is 0 Å². The molecule has 0 nitrogen and oxygen atoms in total. The molecular weight excluding hydrogens is 464 g/mol. The van der Waals surface area contributed by atoms with Crippen molar-refractivity contribution in [2.75, 3.05) is 0 Å². The summed E-state index contributed by atoms with van der Waals surface area (Å²) in [4.78, 5) is 0. The fourth-order valence-corrected chi connectivity index (χ4v) is 6.03. The van der Waals surface area contributed by atoms with Gasteiger partial charge < -0.3 is 30.3 Å². The summed E-state index contributed by atoms with van der Waals surface area (Å²) in [7, 11) is 0. The van der Waals surface area contributed by atoms with Crippen molar-refractivity contribution in [3.8, 4) is 0 Å². The van der Waals surface area contributed by atoms with Crippen LogP contribution in [0.4, 0.5) is 0 Å². The van der Waals surface area contributed by atoms with Gasteiger partial charge in [-0.2, -0.15) is 12.1 Å². The SMILES string of the molecule is CC1=C(c2ccc[c-]2C2=C(C)C(C)=C(C)C(C)(C)C2C)C(C)C(C)(C)C(C)=C1C.[Fe].[cH-]1[cH-][cH-][cH-][cH-]1. The molecule has 0 heterocycles. The van der Waals surface area contributed by atoms with E-state index in [1.54, 1.807) is 11.1 Å². The zero-order valence-electron chi connectivity index (χ0n) is 24.1. The van der Waals surface area contributed by atoms with Crippen molar-refractivity contribution in [3.63, 3.8) is 0 Å². The molecule has 2 aliphatic carbocycles. The summed E-state index contributed by atoms with van der Waals surface area (Å²) < 4.78 is 0. The van der Waals surface area contributed by atoms with Gasteiger partial charge in [0.1, 0.15) is 0 Å². The number of allylic oxidation sites excluding steroid dienone is 8. The zero-order valence-corrected chi connectivity index (χ0v) is 25.2. The predicted molar refractivity (Wildman–Crippen MR) is 152 cm³/mol. The minimum Gasteiger partial charge on any atom is -0.748 e. The van der Waals surface area contributed by atoms with Gasteiger partial charge in [-0.05, 0) is 57.3 Å². The van der Waals surface area contributed by atoms with Gasteiger partial charge in [-0.15, -0.1) is 17.2 Å². The summed E-state index contributed by atoms with van der Waals surface area (Å²) in [6.07, 6.45) is 0. The first-order valence-electron chi connectivity index (χ1n) is 13.0. The Balaban J connectivity index is 0.000000640. The normalized spacial score (nSPS) is 23.8. The van der Waals surface area contributed by atoms with Crippen LogP contribution in [-0.4, -0.2) is 0 Å². The Bertz CT molecular complexity index is 1070. The van der Waals surface area contributed by atoms with Crippen LogP contribution in [0.1, 0.15) is 94.2 Å². The van der Waals surface area contributed by atoms with Crippen LogP contribution in [-0.2, 0) is 17.1 Å². The van der Waals surface area contributed by atoms with E-state index < -0.39 is 0 Å². The van der Waals surface area contributed by atoms with Crippen LogP contribution >= 0.6 is 0 Å². The Labute approximate surface area is 226 Å². The predicted octanol–water partition coefficient (Wildman–Crippen LogP) is 10.4. The molecule has 2 atom stereocenters. The molecule has 0 bridgehead atoms. The van der Waals surface area contributed by atoms with Gasteiger partial charge >= 0.3 is 0 Å². The van der Waals surface area contributed by atoms with E-state index in [9.17, 15) is 0 Å². The second-order valence-electron chi connectivity index (χ2n) is 11.8. The molecule has 0 saturated carbocycles. The first kappa shape index (κ1) is 29.4. The molecule has 0 N–H and O–H groups in total. The molecule has 196 valence electrons. The Morgan fingerprint density at radius 2 is 1.09 bits per heavy atom. The smallest absolute Gasteiger partial charge is 0 e. The maximum absolute atomic E-state index is 2.43. The molecule has 0 amide bonds. The minimum absolute atomic E-state index is 0. The molecule has 0 radical (unpaired) electrons. The first-order valence-corrected chi connectivity index (χ1v) is 13.0. The van der Waals surface area contributed by atoms with Crippen molar-refractivity contribution in [2.24, 2.45) is 22.7 Å². The Morgan fingerprint density at radius 1 is 0.657 bits per heavy atom. The molecule has 2 aromatic carbocycles. The van der Waals surface area contributed by atoms with E-state index >= 15 is 0 Å². The van der Waals surface area contributed by atoms with Gasteiger partial charge in [0, 0.05) is 17.1 Å². The third-order valence-electron chi connectivity index (χ3n) is 9.97. The van der Waals surface area contributed by atoms with E-state index in [4.69, 9.17) is 0 Å². The van der Waals surface area contributed by atoms with E-state index in [-0.39, 0.29) is 27.9 Å². The fourth-order valence-electron chi connectivity index (χ4n) is 6.03. The minimum atomic E-state index is 0. The van der Waals surface area contributed by atoms with Crippen LogP contribution in [0.5, 0.6) is 0 Å². The van der Waals surface area contributed by atoms with Crippen molar-refractivity contribution in [2.45, 2.75) is 83.1 Å². The van der Waals surface area contributed by atoms with Gasteiger partial charge in [0.05, 0.1) is 0 Å².